The van der Waals surface area contributed by atoms with E-state index in [1.54, 1.807) is 0 Å². The highest BCUT2D eigenvalue weighted by Gasteiger charge is 2.40. The van der Waals surface area contributed by atoms with Crippen molar-refractivity contribution in [3.8, 4) is 0 Å². The van der Waals surface area contributed by atoms with E-state index in [9.17, 15) is 4.79 Å². The maximum atomic E-state index is 12.2. The molecule has 1 aliphatic carbocycles. The molecule has 0 aromatic heterocycles. The van der Waals surface area contributed by atoms with Crippen LogP contribution in [0.2, 0.25) is 0 Å². The highest BCUT2D eigenvalue weighted by Crippen LogP contribution is 2.43. The van der Waals surface area contributed by atoms with Crippen LogP contribution in [-0.4, -0.2) is 5.78 Å². The molecule has 1 saturated carbocycles. The SMILES string of the molecule is CCCCC1(CCc2ccccc2)CCCC1=O. The van der Waals surface area contributed by atoms with Gasteiger partial charge in [0.2, 0.25) is 0 Å². The zero-order valence-corrected chi connectivity index (χ0v) is 11.5. The Morgan fingerprint density at radius 1 is 1.17 bits per heavy atom. The van der Waals surface area contributed by atoms with Crippen molar-refractivity contribution in [2.24, 2.45) is 5.41 Å². The molecular weight excluding hydrogens is 220 g/mol. The van der Waals surface area contributed by atoms with E-state index in [-0.39, 0.29) is 5.41 Å². The van der Waals surface area contributed by atoms with Crippen LogP contribution >= 0.6 is 0 Å². The molecule has 98 valence electrons. The molecule has 1 nitrogen and oxygen atoms in total. The minimum Gasteiger partial charge on any atom is -0.299 e. The molecule has 1 heteroatoms. The smallest absolute Gasteiger partial charge is 0.139 e. The summed E-state index contributed by atoms with van der Waals surface area (Å²) in [4.78, 5) is 12.2. The quantitative estimate of drug-likeness (QED) is 0.717. The molecule has 2 rings (SSSR count). The van der Waals surface area contributed by atoms with E-state index < -0.39 is 0 Å². The number of unbranched alkanes of at least 4 members (excludes halogenated alkanes) is 1. The van der Waals surface area contributed by atoms with Crippen LogP contribution in [0.3, 0.4) is 0 Å². The maximum Gasteiger partial charge on any atom is 0.139 e. The number of hydrogen-bond donors (Lipinski definition) is 0. The van der Waals surface area contributed by atoms with Gasteiger partial charge in [0.1, 0.15) is 5.78 Å². The first-order valence-corrected chi connectivity index (χ1v) is 7.34. The zero-order valence-electron chi connectivity index (χ0n) is 11.5. The van der Waals surface area contributed by atoms with Crippen LogP contribution in [0, 0.1) is 5.41 Å². The molecule has 0 heterocycles. The van der Waals surface area contributed by atoms with E-state index in [4.69, 9.17) is 0 Å². The third-order valence-electron chi connectivity index (χ3n) is 4.39. The van der Waals surface area contributed by atoms with Crippen LogP contribution in [-0.2, 0) is 11.2 Å². The van der Waals surface area contributed by atoms with Crippen molar-refractivity contribution in [3.05, 3.63) is 35.9 Å². The van der Waals surface area contributed by atoms with E-state index in [0.29, 0.717) is 5.78 Å². The highest BCUT2D eigenvalue weighted by molar-refractivity contribution is 5.86. The molecule has 18 heavy (non-hydrogen) atoms. The summed E-state index contributed by atoms with van der Waals surface area (Å²) in [5, 5.41) is 0. The zero-order chi connectivity index (χ0) is 12.8. The lowest BCUT2D eigenvalue weighted by Crippen LogP contribution is -2.26. The minimum absolute atomic E-state index is 0.0197. The Morgan fingerprint density at radius 3 is 2.56 bits per heavy atom. The standard InChI is InChI=1S/C17H24O/c1-2-3-12-17(13-7-10-16(17)18)14-11-15-8-5-4-6-9-15/h4-6,8-9H,2-3,7,10-14H2,1H3. The van der Waals surface area contributed by atoms with Crippen LogP contribution in [0.25, 0.3) is 0 Å². The van der Waals surface area contributed by atoms with E-state index in [1.165, 1.54) is 18.4 Å². The molecule has 0 aliphatic heterocycles. The molecule has 0 saturated heterocycles. The van der Waals surface area contributed by atoms with Crippen molar-refractivity contribution in [2.75, 3.05) is 0 Å². The second-order valence-corrected chi connectivity index (χ2v) is 5.65. The molecule has 1 aromatic rings. The lowest BCUT2D eigenvalue weighted by Gasteiger charge is -2.27. The van der Waals surface area contributed by atoms with Gasteiger partial charge in [-0.05, 0) is 37.7 Å². The van der Waals surface area contributed by atoms with Crippen molar-refractivity contribution in [3.63, 3.8) is 0 Å². The van der Waals surface area contributed by atoms with Gasteiger partial charge < -0.3 is 0 Å². The van der Waals surface area contributed by atoms with Crippen molar-refractivity contribution >= 4 is 5.78 Å². The summed E-state index contributed by atoms with van der Waals surface area (Å²) in [6, 6.07) is 10.6. The number of aryl methyl sites for hydroxylation is 1. The summed E-state index contributed by atoms with van der Waals surface area (Å²) >= 11 is 0. The first-order valence-electron chi connectivity index (χ1n) is 7.34. The average Bonchev–Trinajstić information content (AvgIpc) is 2.77. The van der Waals surface area contributed by atoms with Gasteiger partial charge in [-0.1, -0.05) is 50.1 Å². The van der Waals surface area contributed by atoms with Crippen LogP contribution < -0.4 is 0 Å². The molecule has 0 bridgehead atoms. The van der Waals surface area contributed by atoms with Crippen molar-refractivity contribution in [1.82, 2.24) is 0 Å². The Kier molecular flexibility index (Phi) is 4.57. The fourth-order valence-corrected chi connectivity index (χ4v) is 3.19. The predicted molar refractivity (Wildman–Crippen MR) is 75.6 cm³/mol. The van der Waals surface area contributed by atoms with E-state index in [0.717, 1.165) is 38.5 Å². The van der Waals surface area contributed by atoms with Gasteiger partial charge in [0.25, 0.3) is 0 Å². The summed E-state index contributed by atoms with van der Waals surface area (Å²) in [5.41, 5.74) is 1.39. The topological polar surface area (TPSA) is 17.1 Å². The second-order valence-electron chi connectivity index (χ2n) is 5.65. The lowest BCUT2D eigenvalue weighted by molar-refractivity contribution is -0.126. The summed E-state index contributed by atoms with van der Waals surface area (Å²) in [6.07, 6.45) is 8.65. The van der Waals surface area contributed by atoms with Gasteiger partial charge >= 0.3 is 0 Å². The predicted octanol–water partition coefficient (Wildman–Crippen LogP) is 4.55. The minimum atomic E-state index is 0.0197. The van der Waals surface area contributed by atoms with Crippen LogP contribution in [0.15, 0.2) is 30.3 Å². The van der Waals surface area contributed by atoms with Gasteiger partial charge in [-0.2, -0.15) is 0 Å². The number of hydrogen-bond acceptors (Lipinski definition) is 1. The molecule has 1 aliphatic rings. The monoisotopic (exact) mass is 244 g/mol. The van der Waals surface area contributed by atoms with Gasteiger partial charge in [-0.25, -0.2) is 0 Å². The van der Waals surface area contributed by atoms with Crippen molar-refractivity contribution in [1.29, 1.82) is 0 Å². The molecule has 1 unspecified atom stereocenters. The summed E-state index contributed by atoms with van der Waals surface area (Å²) in [7, 11) is 0. The average molecular weight is 244 g/mol. The molecule has 0 N–H and O–H groups in total. The number of Topliss-reactive ketones (excluding diaryl/α,β-unsaturated/α-hetero) is 1. The van der Waals surface area contributed by atoms with Crippen LogP contribution in [0.1, 0.15) is 57.4 Å². The Labute approximate surface area is 111 Å². The molecule has 1 atom stereocenters. The normalized spacial score (nSPS) is 23.5. The number of carbonyl (C=O) groups excluding carboxylic acids is 1. The first-order chi connectivity index (χ1) is 8.77. The molecule has 0 spiro atoms. The van der Waals surface area contributed by atoms with Gasteiger partial charge in [-0.15, -0.1) is 0 Å². The number of benzene rings is 1. The second kappa shape index (κ2) is 6.17. The molecular formula is C17H24O. The summed E-state index contributed by atoms with van der Waals surface area (Å²) in [5.74, 6) is 0.534. The van der Waals surface area contributed by atoms with E-state index >= 15 is 0 Å². The van der Waals surface area contributed by atoms with Crippen LogP contribution in [0.4, 0.5) is 0 Å². The Balaban J connectivity index is 2.00. The third kappa shape index (κ3) is 3.01. The Morgan fingerprint density at radius 2 is 1.94 bits per heavy atom. The molecule has 0 radical (unpaired) electrons. The summed E-state index contributed by atoms with van der Waals surface area (Å²) < 4.78 is 0. The van der Waals surface area contributed by atoms with Gasteiger partial charge in [-0.3, -0.25) is 4.79 Å². The number of carbonyl (C=O) groups is 1. The Hall–Kier alpha value is -1.11. The van der Waals surface area contributed by atoms with Gasteiger partial charge in [0.15, 0.2) is 0 Å². The maximum absolute atomic E-state index is 12.2. The highest BCUT2D eigenvalue weighted by atomic mass is 16.1. The summed E-state index contributed by atoms with van der Waals surface area (Å²) in [6.45, 7) is 2.21. The van der Waals surface area contributed by atoms with Gasteiger partial charge in [0.05, 0.1) is 0 Å². The van der Waals surface area contributed by atoms with E-state index in [2.05, 4.69) is 37.3 Å². The number of rotatable bonds is 6. The molecule has 1 fully saturated rings. The van der Waals surface area contributed by atoms with E-state index in [1.807, 2.05) is 0 Å². The van der Waals surface area contributed by atoms with Gasteiger partial charge in [0, 0.05) is 11.8 Å². The number of ketones is 1. The van der Waals surface area contributed by atoms with Crippen LogP contribution in [0.5, 0.6) is 0 Å². The molecule has 0 amide bonds. The fraction of sp³-hybridized carbons (Fsp3) is 0.588. The van der Waals surface area contributed by atoms with Crippen molar-refractivity contribution in [2.45, 2.75) is 58.3 Å². The van der Waals surface area contributed by atoms with Crippen molar-refractivity contribution < 1.29 is 4.79 Å². The first kappa shape index (κ1) is 13.3. The largest absolute Gasteiger partial charge is 0.299 e. The fourth-order valence-electron chi connectivity index (χ4n) is 3.19. The molecule has 1 aromatic carbocycles. The third-order valence-corrected chi connectivity index (χ3v) is 4.39. The lowest BCUT2D eigenvalue weighted by atomic mass is 9.75. The Bertz CT molecular complexity index is 382.